The predicted molar refractivity (Wildman–Crippen MR) is 72.7 cm³/mol. The lowest BCUT2D eigenvalue weighted by molar-refractivity contribution is 0.241. The summed E-state index contributed by atoms with van der Waals surface area (Å²) in [6.07, 6.45) is 8.71. The zero-order chi connectivity index (χ0) is 12.7. The average Bonchev–Trinajstić information content (AvgIpc) is 2.35. The summed E-state index contributed by atoms with van der Waals surface area (Å²) in [6.45, 7) is 7.87. The summed E-state index contributed by atoms with van der Waals surface area (Å²) in [5, 5.41) is 12.3. The Kier molecular flexibility index (Phi) is 5.98. The third-order valence-electron chi connectivity index (χ3n) is 4.17. The summed E-state index contributed by atoms with van der Waals surface area (Å²) in [4.78, 5) is 0. The van der Waals surface area contributed by atoms with E-state index in [-0.39, 0.29) is 5.41 Å². The molecule has 0 aromatic carbocycles. The molecule has 0 radical (unpaired) electrons. The van der Waals surface area contributed by atoms with Crippen molar-refractivity contribution in [2.24, 2.45) is 11.3 Å². The molecular weight excluding hydrogens is 208 g/mol. The zero-order valence-electron chi connectivity index (χ0n) is 11.8. The molecule has 0 aromatic heterocycles. The van der Waals surface area contributed by atoms with E-state index >= 15 is 0 Å². The lowest BCUT2D eigenvalue weighted by Crippen LogP contribution is -2.40. The van der Waals surface area contributed by atoms with Crippen LogP contribution in [0, 0.1) is 22.7 Å². The lowest BCUT2D eigenvalue weighted by Gasteiger charge is -2.32. The van der Waals surface area contributed by atoms with E-state index in [1.165, 1.54) is 32.1 Å². The Bertz CT molecular complexity index is 246. The summed E-state index contributed by atoms with van der Waals surface area (Å²) in [6, 6.07) is 2.88. The Morgan fingerprint density at radius 3 is 2.53 bits per heavy atom. The molecule has 17 heavy (non-hydrogen) atoms. The Labute approximate surface area is 107 Å². The minimum atomic E-state index is 0.249. The van der Waals surface area contributed by atoms with Gasteiger partial charge in [-0.2, -0.15) is 5.26 Å². The van der Waals surface area contributed by atoms with Gasteiger partial charge in [-0.1, -0.05) is 33.1 Å². The Morgan fingerprint density at radius 1 is 1.29 bits per heavy atom. The van der Waals surface area contributed by atoms with E-state index in [2.05, 4.69) is 32.2 Å². The molecule has 1 N–H and O–H groups in total. The minimum Gasteiger partial charge on any atom is -0.313 e. The fraction of sp³-hybridized carbons (Fsp3) is 0.933. The molecular formula is C15H28N2. The van der Waals surface area contributed by atoms with Crippen molar-refractivity contribution in [3.8, 4) is 6.07 Å². The maximum absolute atomic E-state index is 8.64. The van der Waals surface area contributed by atoms with Gasteiger partial charge < -0.3 is 5.32 Å². The van der Waals surface area contributed by atoms with Crippen LogP contribution in [-0.2, 0) is 0 Å². The Hall–Kier alpha value is -0.550. The first-order valence-electron chi connectivity index (χ1n) is 7.15. The second-order valence-electron chi connectivity index (χ2n) is 6.39. The van der Waals surface area contributed by atoms with Crippen molar-refractivity contribution < 1.29 is 0 Å². The van der Waals surface area contributed by atoms with Crippen molar-refractivity contribution in [3.63, 3.8) is 0 Å². The molecule has 0 saturated heterocycles. The highest BCUT2D eigenvalue weighted by Crippen LogP contribution is 2.27. The van der Waals surface area contributed by atoms with E-state index in [0.717, 1.165) is 18.9 Å². The molecule has 0 aliphatic heterocycles. The van der Waals surface area contributed by atoms with Crippen LogP contribution in [0.2, 0.25) is 0 Å². The van der Waals surface area contributed by atoms with E-state index in [9.17, 15) is 0 Å². The van der Waals surface area contributed by atoms with Crippen LogP contribution in [0.1, 0.15) is 65.7 Å². The monoisotopic (exact) mass is 236 g/mol. The molecule has 1 fully saturated rings. The SMILES string of the molecule is C[C@@H](NCC(C)(C)CCC#N)C1CCCCC1. The fourth-order valence-electron chi connectivity index (χ4n) is 2.72. The van der Waals surface area contributed by atoms with Gasteiger partial charge in [-0.05, 0) is 37.5 Å². The standard InChI is InChI=1S/C15H28N2/c1-13(14-8-5-4-6-9-14)17-12-15(2,3)10-7-11-16/h13-14,17H,4-10,12H2,1-3H3/t13-/m1/s1. The molecule has 1 rings (SSSR count). The van der Waals surface area contributed by atoms with Gasteiger partial charge in [-0.3, -0.25) is 0 Å². The summed E-state index contributed by atoms with van der Waals surface area (Å²) < 4.78 is 0. The van der Waals surface area contributed by atoms with Crippen LogP contribution >= 0.6 is 0 Å². The van der Waals surface area contributed by atoms with Gasteiger partial charge in [0.1, 0.15) is 0 Å². The van der Waals surface area contributed by atoms with Crippen molar-refractivity contribution in [2.45, 2.75) is 71.8 Å². The first-order valence-corrected chi connectivity index (χ1v) is 7.15. The van der Waals surface area contributed by atoms with Crippen LogP contribution in [0.4, 0.5) is 0 Å². The van der Waals surface area contributed by atoms with E-state index in [1.807, 2.05) is 0 Å². The molecule has 1 aliphatic carbocycles. The average molecular weight is 236 g/mol. The maximum Gasteiger partial charge on any atom is 0.0621 e. The normalized spacial score (nSPS) is 19.9. The summed E-state index contributed by atoms with van der Waals surface area (Å²) >= 11 is 0. The van der Waals surface area contributed by atoms with Crippen molar-refractivity contribution >= 4 is 0 Å². The van der Waals surface area contributed by atoms with Gasteiger partial charge in [0.05, 0.1) is 6.07 Å². The van der Waals surface area contributed by atoms with Gasteiger partial charge >= 0.3 is 0 Å². The second kappa shape index (κ2) is 7.01. The molecule has 2 nitrogen and oxygen atoms in total. The quantitative estimate of drug-likeness (QED) is 0.760. The summed E-state index contributed by atoms with van der Waals surface area (Å²) in [7, 11) is 0. The van der Waals surface area contributed by atoms with E-state index in [1.54, 1.807) is 0 Å². The number of rotatable bonds is 6. The highest BCUT2D eigenvalue weighted by Gasteiger charge is 2.23. The van der Waals surface area contributed by atoms with Crippen LogP contribution in [0.15, 0.2) is 0 Å². The number of nitrogens with one attached hydrogen (secondary N) is 1. The third-order valence-corrected chi connectivity index (χ3v) is 4.17. The molecule has 1 aliphatic rings. The highest BCUT2D eigenvalue weighted by atomic mass is 14.9. The molecule has 1 saturated carbocycles. The molecule has 1 atom stereocenters. The van der Waals surface area contributed by atoms with E-state index in [0.29, 0.717) is 12.5 Å². The van der Waals surface area contributed by atoms with Crippen molar-refractivity contribution in [3.05, 3.63) is 0 Å². The van der Waals surface area contributed by atoms with Crippen LogP contribution < -0.4 is 5.32 Å². The third kappa shape index (κ3) is 5.55. The number of nitrogens with zero attached hydrogens (tertiary/aromatic N) is 1. The Balaban J connectivity index is 2.26. The molecule has 0 bridgehead atoms. The fourth-order valence-corrected chi connectivity index (χ4v) is 2.72. The smallest absolute Gasteiger partial charge is 0.0621 e. The van der Waals surface area contributed by atoms with Gasteiger partial charge in [0.25, 0.3) is 0 Å². The zero-order valence-corrected chi connectivity index (χ0v) is 11.8. The molecule has 98 valence electrons. The van der Waals surface area contributed by atoms with Crippen LogP contribution in [0.5, 0.6) is 0 Å². The number of hydrogen-bond donors (Lipinski definition) is 1. The maximum atomic E-state index is 8.64. The van der Waals surface area contributed by atoms with Crippen LogP contribution in [0.3, 0.4) is 0 Å². The number of hydrogen-bond acceptors (Lipinski definition) is 2. The summed E-state index contributed by atoms with van der Waals surface area (Å²) in [5.41, 5.74) is 0.249. The summed E-state index contributed by atoms with van der Waals surface area (Å²) in [5.74, 6) is 0.871. The Morgan fingerprint density at radius 2 is 1.94 bits per heavy atom. The van der Waals surface area contributed by atoms with Gasteiger partial charge in [0.2, 0.25) is 0 Å². The first kappa shape index (κ1) is 14.5. The molecule has 2 heteroatoms. The van der Waals surface area contributed by atoms with Gasteiger partial charge in [-0.15, -0.1) is 0 Å². The predicted octanol–water partition coefficient (Wildman–Crippen LogP) is 3.87. The lowest BCUT2D eigenvalue weighted by atomic mass is 9.83. The molecule has 0 unspecified atom stereocenters. The highest BCUT2D eigenvalue weighted by molar-refractivity contribution is 4.82. The largest absolute Gasteiger partial charge is 0.313 e. The van der Waals surface area contributed by atoms with E-state index < -0.39 is 0 Å². The second-order valence-corrected chi connectivity index (χ2v) is 6.39. The number of nitriles is 1. The van der Waals surface area contributed by atoms with Crippen molar-refractivity contribution in [1.82, 2.24) is 5.32 Å². The van der Waals surface area contributed by atoms with Crippen LogP contribution in [0.25, 0.3) is 0 Å². The van der Waals surface area contributed by atoms with Gasteiger partial charge in [0, 0.05) is 19.0 Å². The molecule has 0 amide bonds. The molecule has 0 heterocycles. The first-order chi connectivity index (χ1) is 8.05. The van der Waals surface area contributed by atoms with E-state index in [4.69, 9.17) is 5.26 Å². The molecule has 0 aromatic rings. The van der Waals surface area contributed by atoms with Crippen molar-refractivity contribution in [1.29, 1.82) is 5.26 Å². The van der Waals surface area contributed by atoms with Gasteiger partial charge in [0.15, 0.2) is 0 Å². The van der Waals surface area contributed by atoms with Crippen molar-refractivity contribution in [2.75, 3.05) is 6.54 Å². The van der Waals surface area contributed by atoms with Crippen LogP contribution in [-0.4, -0.2) is 12.6 Å². The minimum absolute atomic E-state index is 0.249. The topological polar surface area (TPSA) is 35.8 Å². The molecule has 0 spiro atoms. The van der Waals surface area contributed by atoms with Gasteiger partial charge in [-0.25, -0.2) is 0 Å².